The molecular weight excluding hydrogens is 356 g/mol. The summed E-state index contributed by atoms with van der Waals surface area (Å²) in [6.45, 7) is 6.15. The number of likely N-dealkylation sites (tertiary alicyclic amines) is 1. The monoisotopic (exact) mass is 382 g/mol. The first-order valence-corrected chi connectivity index (χ1v) is 11.0. The van der Waals surface area contributed by atoms with Crippen LogP contribution in [0.4, 0.5) is 5.69 Å². The molecule has 1 saturated heterocycles. The summed E-state index contributed by atoms with van der Waals surface area (Å²) in [4.78, 5) is 15.2. The van der Waals surface area contributed by atoms with Gasteiger partial charge in [-0.1, -0.05) is 13.8 Å². The molecule has 2 heterocycles. The molecule has 0 aromatic heterocycles. The number of nitrogens with zero attached hydrogens (tertiary/aromatic N) is 1. The Bertz CT molecular complexity index is 621. The minimum Gasteiger partial charge on any atom is -0.486 e. The molecule has 0 unspecified atom stereocenters. The van der Waals surface area contributed by atoms with Crippen molar-refractivity contribution in [2.45, 2.75) is 37.3 Å². The fourth-order valence-corrected chi connectivity index (χ4v) is 6.24. The van der Waals surface area contributed by atoms with Gasteiger partial charge in [0.15, 0.2) is 11.5 Å². The lowest BCUT2D eigenvalue weighted by atomic mass is 10.1. The van der Waals surface area contributed by atoms with E-state index in [1.54, 1.807) is 12.1 Å². The molecule has 5 nitrogen and oxygen atoms in total. The van der Waals surface area contributed by atoms with E-state index < -0.39 is 0 Å². The van der Waals surface area contributed by atoms with Gasteiger partial charge in [0.1, 0.15) is 13.2 Å². The van der Waals surface area contributed by atoms with E-state index in [2.05, 4.69) is 13.8 Å². The number of thioether (sulfide) groups is 2. The topological polar surface area (TPSA) is 64.8 Å². The molecule has 138 valence electrons. The molecule has 1 amide bonds. The van der Waals surface area contributed by atoms with Gasteiger partial charge >= 0.3 is 0 Å². The Morgan fingerprint density at radius 3 is 2.52 bits per heavy atom. The van der Waals surface area contributed by atoms with Crippen molar-refractivity contribution >= 4 is 35.1 Å². The molecule has 2 aliphatic heterocycles. The number of carbonyl (C=O) groups is 1. The van der Waals surface area contributed by atoms with Crippen LogP contribution in [0.5, 0.6) is 11.5 Å². The summed E-state index contributed by atoms with van der Waals surface area (Å²) in [5.74, 6) is 3.36. The normalized spacial score (nSPS) is 19.5. The summed E-state index contributed by atoms with van der Waals surface area (Å²) in [6.07, 6.45) is 2.10. The minimum atomic E-state index is 0.00961. The van der Waals surface area contributed by atoms with E-state index in [-0.39, 0.29) is 11.9 Å². The van der Waals surface area contributed by atoms with Gasteiger partial charge in [-0.05, 0) is 30.4 Å². The maximum Gasteiger partial charge on any atom is 0.256 e. The molecule has 25 heavy (non-hydrogen) atoms. The van der Waals surface area contributed by atoms with E-state index in [9.17, 15) is 4.79 Å². The molecule has 0 saturated carbocycles. The SMILES string of the molecule is CCSC(SCC)[C@@H]1CCCN1C(=O)c1cc2c(cc1N)OCCO2. The number of nitrogens with two attached hydrogens (primary N) is 1. The number of benzene rings is 1. The highest BCUT2D eigenvalue weighted by atomic mass is 32.2. The molecule has 1 aromatic rings. The van der Waals surface area contributed by atoms with Crippen LogP contribution in [-0.2, 0) is 0 Å². The predicted molar refractivity (Wildman–Crippen MR) is 106 cm³/mol. The van der Waals surface area contributed by atoms with Gasteiger partial charge in [-0.3, -0.25) is 4.79 Å². The maximum atomic E-state index is 13.2. The third kappa shape index (κ3) is 3.97. The molecule has 1 aromatic carbocycles. The van der Waals surface area contributed by atoms with E-state index >= 15 is 0 Å². The van der Waals surface area contributed by atoms with Gasteiger partial charge in [0.05, 0.1) is 16.2 Å². The number of hydrogen-bond donors (Lipinski definition) is 1. The second kappa shape index (κ2) is 8.45. The number of fused-ring (bicyclic) bond motifs is 1. The highest BCUT2D eigenvalue weighted by Gasteiger charge is 2.36. The van der Waals surface area contributed by atoms with Crippen molar-refractivity contribution in [1.29, 1.82) is 0 Å². The van der Waals surface area contributed by atoms with E-state index in [1.807, 2.05) is 28.4 Å². The van der Waals surface area contributed by atoms with Crippen molar-refractivity contribution in [2.75, 3.05) is 37.0 Å². The van der Waals surface area contributed by atoms with Crippen LogP contribution >= 0.6 is 23.5 Å². The Morgan fingerprint density at radius 1 is 1.24 bits per heavy atom. The molecule has 0 spiro atoms. The number of rotatable bonds is 6. The molecule has 2 aliphatic rings. The first-order valence-electron chi connectivity index (χ1n) is 8.89. The smallest absolute Gasteiger partial charge is 0.256 e. The highest BCUT2D eigenvalue weighted by molar-refractivity contribution is 8.17. The summed E-state index contributed by atoms with van der Waals surface area (Å²) >= 11 is 3.87. The molecule has 2 N–H and O–H groups in total. The quantitative estimate of drug-likeness (QED) is 0.600. The zero-order valence-corrected chi connectivity index (χ0v) is 16.5. The Labute approximate surface area is 158 Å². The average Bonchev–Trinajstić information content (AvgIpc) is 3.10. The maximum absolute atomic E-state index is 13.2. The molecule has 0 bridgehead atoms. The fraction of sp³-hybridized carbons (Fsp3) is 0.611. The van der Waals surface area contributed by atoms with E-state index in [0.717, 1.165) is 30.9 Å². The van der Waals surface area contributed by atoms with Gasteiger partial charge in [-0.25, -0.2) is 0 Å². The van der Waals surface area contributed by atoms with Crippen LogP contribution in [0.2, 0.25) is 0 Å². The Kier molecular flexibility index (Phi) is 6.28. The van der Waals surface area contributed by atoms with Crippen LogP contribution in [0.1, 0.15) is 37.0 Å². The molecule has 3 rings (SSSR count). The second-order valence-electron chi connectivity index (χ2n) is 6.07. The van der Waals surface area contributed by atoms with Gasteiger partial charge in [0.25, 0.3) is 5.91 Å². The fourth-order valence-electron chi connectivity index (χ4n) is 3.37. The third-order valence-electron chi connectivity index (χ3n) is 4.48. The molecule has 1 fully saturated rings. The third-order valence-corrected chi connectivity index (χ3v) is 7.25. The van der Waals surface area contributed by atoms with Crippen molar-refractivity contribution < 1.29 is 14.3 Å². The molecule has 0 aliphatic carbocycles. The van der Waals surface area contributed by atoms with Crippen LogP contribution < -0.4 is 15.2 Å². The number of hydrogen-bond acceptors (Lipinski definition) is 6. The van der Waals surface area contributed by atoms with E-state index in [0.29, 0.717) is 40.5 Å². The number of ether oxygens (including phenoxy) is 2. The zero-order chi connectivity index (χ0) is 17.8. The summed E-state index contributed by atoms with van der Waals surface area (Å²) in [5, 5.41) is 0. The standard InChI is InChI=1S/C18H26N2O3S2/c1-3-24-18(25-4-2)14-6-5-7-20(14)17(21)12-10-15-16(11-13(12)19)23-9-8-22-15/h10-11,14,18H,3-9,19H2,1-2H3/t14-/m0/s1. The summed E-state index contributed by atoms with van der Waals surface area (Å²) in [5.41, 5.74) is 7.15. The summed E-state index contributed by atoms with van der Waals surface area (Å²) in [7, 11) is 0. The van der Waals surface area contributed by atoms with Gasteiger partial charge < -0.3 is 20.1 Å². The first-order chi connectivity index (χ1) is 12.2. The van der Waals surface area contributed by atoms with Gasteiger partial charge in [-0.15, -0.1) is 23.5 Å². The average molecular weight is 383 g/mol. The van der Waals surface area contributed by atoms with Gasteiger partial charge in [0.2, 0.25) is 0 Å². The lowest BCUT2D eigenvalue weighted by Crippen LogP contribution is -2.41. The Hall–Kier alpha value is -1.21. The van der Waals surface area contributed by atoms with Gasteiger partial charge in [0, 0.05) is 18.3 Å². The molecular formula is C18H26N2O3S2. The lowest BCUT2D eigenvalue weighted by molar-refractivity contribution is 0.0746. The van der Waals surface area contributed by atoms with Crippen LogP contribution in [-0.4, -0.2) is 52.7 Å². The first kappa shape index (κ1) is 18.6. The van der Waals surface area contributed by atoms with E-state index in [4.69, 9.17) is 15.2 Å². The number of anilines is 1. The van der Waals surface area contributed by atoms with Crippen LogP contribution in [0, 0.1) is 0 Å². The minimum absolute atomic E-state index is 0.00961. The molecule has 7 heteroatoms. The van der Waals surface area contributed by atoms with Crippen molar-refractivity contribution in [3.63, 3.8) is 0 Å². The Balaban J connectivity index is 1.84. The van der Waals surface area contributed by atoms with Crippen molar-refractivity contribution in [3.8, 4) is 11.5 Å². The summed E-state index contributed by atoms with van der Waals surface area (Å²) < 4.78 is 11.6. The highest BCUT2D eigenvalue weighted by Crippen LogP contribution is 2.38. The van der Waals surface area contributed by atoms with Gasteiger partial charge in [-0.2, -0.15) is 0 Å². The van der Waals surface area contributed by atoms with E-state index in [1.165, 1.54) is 0 Å². The largest absolute Gasteiger partial charge is 0.486 e. The van der Waals surface area contributed by atoms with Crippen molar-refractivity contribution in [1.82, 2.24) is 4.90 Å². The number of amides is 1. The van der Waals surface area contributed by atoms with Crippen LogP contribution in [0.25, 0.3) is 0 Å². The second-order valence-corrected chi connectivity index (χ2v) is 9.21. The molecule has 0 radical (unpaired) electrons. The predicted octanol–water partition coefficient (Wildman–Crippen LogP) is 3.48. The Morgan fingerprint density at radius 2 is 1.88 bits per heavy atom. The van der Waals surface area contributed by atoms with Crippen LogP contribution in [0.15, 0.2) is 12.1 Å². The van der Waals surface area contributed by atoms with Crippen LogP contribution in [0.3, 0.4) is 0 Å². The molecule has 1 atom stereocenters. The zero-order valence-electron chi connectivity index (χ0n) is 14.8. The number of nitrogen functional groups attached to an aromatic ring is 1. The number of carbonyl (C=O) groups excluding carboxylic acids is 1. The van der Waals surface area contributed by atoms with Crippen molar-refractivity contribution in [2.24, 2.45) is 0 Å². The van der Waals surface area contributed by atoms with Crippen molar-refractivity contribution in [3.05, 3.63) is 17.7 Å². The summed E-state index contributed by atoms with van der Waals surface area (Å²) in [6, 6.07) is 3.72. The lowest BCUT2D eigenvalue weighted by Gasteiger charge is -2.31.